The van der Waals surface area contributed by atoms with E-state index < -0.39 is 0 Å². The molecule has 1 amide bonds. The molecule has 3 heterocycles. The molecular weight excluding hydrogens is 292 g/mol. The predicted molar refractivity (Wildman–Crippen MR) is 86.6 cm³/mol. The lowest BCUT2D eigenvalue weighted by Crippen LogP contribution is -2.41. The van der Waals surface area contributed by atoms with E-state index in [1.54, 1.807) is 12.5 Å². The van der Waals surface area contributed by atoms with Crippen molar-refractivity contribution in [3.63, 3.8) is 0 Å². The van der Waals surface area contributed by atoms with Crippen molar-refractivity contribution in [2.24, 2.45) is 5.92 Å². The van der Waals surface area contributed by atoms with Crippen LogP contribution in [0.15, 0.2) is 41.3 Å². The SMILES string of the molecule is CN(CCn1cccn1)C(=O)C1CCN(Cc2ccco2)CC1. The zero-order chi connectivity index (χ0) is 16.1. The van der Waals surface area contributed by atoms with Crippen LogP contribution in [-0.2, 0) is 17.9 Å². The third kappa shape index (κ3) is 4.22. The van der Waals surface area contributed by atoms with Gasteiger partial charge in [0.05, 0.1) is 19.4 Å². The zero-order valence-electron chi connectivity index (χ0n) is 13.6. The third-order valence-electron chi connectivity index (χ3n) is 4.50. The zero-order valence-corrected chi connectivity index (χ0v) is 13.6. The number of hydrogen-bond donors (Lipinski definition) is 0. The van der Waals surface area contributed by atoms with E-state index >= 15 is 0 Å². The Labute approximate surface area is 136 Å². The van der Waals surface area contributed by atoms with E-state index in [-0.39, 0.29) is 11.8 Å². The van der Waals surface area contributed by atoms with Crippen molar-refractivity contribution in [1.29, 1.82) is 0 Å². The molecule has 0 unspecified atom stereocenters. The molecular formula is C17H24N4O2. The van der Waals surface area contributed by atoms with Crippen LogP contribution in [0.5, 0.6) is 0 Å². The Morgan fingerprint density at radius 2 is 2.22 bits per heavy atom. The number of carbonyl (C=O) groups excluding carboxylic acids is 1. The van der Waals surface area contributed by atoms with Crippen molar-refractivity contribution in [3.8, 4) is 0 Å². The number of aromatic nitrogens is 2. The second kappa shape index (κ2) is 7.46. The summed E-state index contributed by atoms with van der Waals surface area (Å²) >= 11 is 0. The minimum absolute atomic E-state index is 0.144. The number of nitrogens with zero attached hydrogens (tertiary/aromatic N) is 4. The average Bonchev–Trinajstić information content (AvgIpc) is 3.26. The Hall–Kier alpha value is -2.08. The molecule has 0 atom stereocenters. The van der Waals surface area contributed by atoms with Gasteiger partial charge in [-0.1, -0.05) is 0 Å². The van der Waals surface area contributed by atoms with Crippen molar-refractivity contribution < 1.29 is 9.21 Å². The molecule has 1 saturated heterocycles. The highest BCUT2D eigenvalue weighted by molar-refractivity contribution is 5.78. The number of likely N-dealkylation sites (N-methyl/N-ethyl adjacent to an activating group) is 1. The van der Waals surface area contributed by atoms with Crippen LogP contribution in [0.3, 0.4) is 0 Å². The van der Waals surface area contributed by atoms with Crippen molar-refractivity contribution >= 4 is 5.91 Å². The lowest BCUT2D eigenvalue weighted by molar-refractivity contribution is -0.135. The summed E-state index contributed by atoms with van der Waals surface area (Å²) in [5.41, 5.74) is 0. The fourth-order valence-electron chi connectivity index (χ4n) is 3.07. The maximum Gasteiger partial charge on any atom is 0.225 e. The Kier molecular flexibility index (Phi) is 5.12. The molecule has 0 radical (unpaired) electrons. The van der Waals surface area contributed by atoms with E-state index in [0.29, 0.717) is 6.54 Å². The number of piperidine rings is 1. The van der Waals surface area contributed by atoms with E-state index in [1.165, 1.54) is 0 Å². The van der Waals surface area contributed by atoms with Gasteiger partial charge in [0, 0.05) is 31.9 Å². The topological polar surface area (TPSA) is 54.5 Å². The van der Waals surface area contributed by atoms with Gasteiger partial charge in [-0.05, 0) is 44.1 Å². The van der Waals surface area contributed by atoms with Crippen molar-refractivity contribution in [2.75, 3.05) is 26.7 Å². The number of rotatable bonds is 6. The van der Waals surface area contributed by atoms with Gasteiger partial charge in [-0.25, -0.2) is 0 Å². The molecule has 6 nitrogen and oxygen atoms in total. The first-order chi connectivity index (χ1) is 11.2. The first-order valence-corrected chi connectivity index (χ1v) is 8.19. The second-order valence-electron chi connectivity index (χ2n) is 6.16. The van der Waals surface area contributed by atoms with Gasteiger partial charge in [-0.15, -0.1) is 0 Å². The maximum atomic E-state index is 12.5. The summed E-state index contributed by atoms with van der Waals surface area (Å²) in [5.74, 6) is 1.39. The minimum Gasteiger partial charge on any atom is -0.468 e. The molecule has 124 valence electrons. The van der Waals surface area contributed by atoms with Gasteiger partial charge in [-0.3, -0.25) is 14.4 Å². The number of furan rings is 1. The quantitative estimate of drug-likeness (QED) is 0.816. The van der Waals surface area contributed by atoms with Crippen LogP contribution in [0.2, 0.25) is 0 Å². The standard InChI is InChI=1S/C17H24N4O2/c1-19(11-12-21-8-3-7-18-21)17(22)15-5-9-20(10-6-15)14-16-4-2-13-23-16/h2-4,7-8,13,15H,5-6,9-12,14H2,1H3. The van der Waals surface area contributed by atoms with Crippen LogP contribution in [0.25, 0.3) is 0 Å². The highest BCUT2D eigenvalue weighted by Crippen LogP contribution is 2.21. The van der Waals surface area contributed by atoms with Crippen LogP contribution in [-0.4, -0.2) is 52.2 Å². The molecule has 2 aromatic heterocycles. The molecule has 0 bridgehead atoms. The first kappa shape index (κ1) is 15.8. The summed E-state index contributed by atoms with van der Waals surface area (Å²) in [5, 5.41) is 4.17. The summed E-state index contributed by atoms with van der Waals surface area (Å²) in [6, 6.07) is 5.82. The van der Waals surface area contributed by atoms with Gasteiger partial charge in [-0.2, -0.15) is 5.10 Å². The average molecular weight is 316 g/mol. The maximum absolute atomic E-state index is 12.5. The summed E-state index contributed by atoms with van der Waals surface area (Å²) in [4.78, 5) is 16.7. The number of amides is 1. The molecule has 3 rings (SSSR count). The summed E-state index contributed by atoms with van der Waals surface area (Å²) in [6.45, 7) is 4.18. The van der Waals surface area contributed by atoms with Gasteiger partial charge in [0.1, 0.15) is 5.76 Å². The van der Waals surface area contributed by atoms with Crippen LogP contribution >= 0.6 is 0 Å². The van der Waals surface area contributed by atoms with E-state index in [0.717, 1.165) is 44.8 Å². The smallest absolute Gasteiger partial charge is 0.225 e. The van der Waals surface area contributed by atoms with Gasteiger partial charge in [0.15, 0.2) is 0 Å². The Morgan fingerprint density at radius 3 is 2.87 bits per heavy atom. The molecule has 6 heteroatoms. The fraction of sp³-hybridized carbons (Fsp3) is 0.529. The molecule has 1 aliphatic heterocycles. The summed E-state index contributed by atoms with van der Waals surface area (Å²) < 4.78 is 7.25. The monoisotopic (exact) mass is 316 g/mol. The summed E-state index contributed by atoms with van der Waals surface area (Å²) in [6.07, 6.45) is 7.24. The lowest BCUT2D eigenvalue weighted by Gasteiger charge is -2.32. The second-order valence-corrected chi connectivity index (χ2v) is 6.16. The van der Waals surface area contributed by atoms with Gasteiger partial charge in [0.2, 0.25) is 5.91 Å². The van der Waals surface area contributed by atoms with Crippen molar-refractivity contribution in [3.05, 3.63) is 42.6 Å². The van der Waals surface area contributed by atoms with E-state index in [1.807, 2.05) is 41.0 Å². The predicted octanol–water partition coefficient (Wildman–Crippen LogP) is 1.85. The highest BCUT2D eigenvalue weighted by Gasteiger charge is 2.27. The highest BCUT2D eigenvalue weighted by atomic mass is 16.3. The Balaban J connectivity index is 1.42. The van der Waals surface area contributed by atoms with Crippen LogP contribution < -0.4 is 0 Å². The minimum atomic E-state index is 0.144. The molecule has 1 aliphatic rings. The van der Waals surface area contributed by atoms with Gasteiger partial charge >= 0.3 is 0 Å². The molecule has 1 fully saturated rings. The number of likely N-dealkylation sites (tertiary alicyclic amines) is 1. The van der Waals surface area contributed by atoms with E-state index in [4.69, 9.17) is 4.42 Å². The number of hydrogen-bond acceptors (Lipinski definition) is 4. The van der Waals surface area contributed by atoms with Crippen LogP contribution in [0, 0.1) is 5.92 Å². The van der Waals surface area contributed by atoms with Crippen molar-refractivity contribution in [2.45, 2.75) is 25.9 Å². The molecule has 0 N–H and O–H groups in total. The summed E-state index contributed by atoms with van der Waals surface area (Å²) in [7, 11) is 1.89. The normalized spacial score (nSPS) is 16.6. The third-order valence-corrected chi connectivity index (χ3v) is 4.50. The molecule has 0 aromatic carbocycles. The first-order valence-electron chi connectivity index (χ1n) is 8.19. The lowest BCUT2D eigenvalue weighted by atomic mass is 9.95. The van der Waals surface area contributed by atoms with Crippen molar-refractivity contribution in [1.82, 2.24) is 19.6 Å². The van der Waals surface area contributed by atoms with E-state index in [9.17, 15) is 4.79 Å². The molecule has 23 heavy (non-hydrogen) atoms. The van der Waals surface area contributed by atoms with Gasteiger partial charge < -0.3 is 9.32 Å². The largest absolute Gasteiger partial charge is 0.468 e. The van der Waals surface area contributed by atoms with Gasteiger partial charge in [0.25, 0.3) is 0 Å². The molecule has 0 spiro atoms. The molecule has 2 aromatic rings. The molecule has 0 saturated carbocycles. The van der Waals surface area contributed by atoms with E-state index in [2.05, 4.69) is 10.00 Å². The Morgan fingerprint density at radius 1 is 1.39 bits per heavy atom. The number of carbonyl (C=O) groups is 1. The van der Waals surface area contributed by atoms with Crippen LogP contribution in [0.4, 0.5) is 0 Å². The van der Waals surface area contributed by atoms with Crippen LogP contribution in [0.1, 0.15) is 18.6 Å². The fourth-order valence-corrected chi connectivity index (χ4v) is 3.07. The Bertz CT molecular complexity index is 586. The molecule has 0 aliphatic carbocycles.